The van der Waals surface area contributed by atoms with Gasteiger partial charge in [-0.3, -0.25) is 4.98 Å². The standard InChI is InChI=1S/C10H15N3O.2ClH/c1-14-13-6-2-3-10(13)9-5-4-8(11)7-12-9;;/h4-5,7,10H,2-3,6,11H2,1H3;2*1H. The number of nitrogens with two attached hydrogens (primary N) is 1. The summed E-state index contributed by atoms with van der Waals surface area (Å²) in [4.78, 5) is 9.58. The zero-order chi connectivity index (χ0) is 9.97. The fourth-order valence-electron chi connectivity index (χ4n) is 1.87. The third-order valence-corrected chi connectivity index (χ3v) is 2.59. The molecule has 1 saturated heterocycles. The number of hydroxylamine groups is 2. The van der Waals surface area contributed by atoms with Gasteiger partial charge in [-0.2, -0.15) is 5.06 Å². The van der Waals surface area contributed by atoms with Crippen LogP contribution in [-0.2, 0) is 4.84 Å². The summed E-state index contributed by atoms with van der Waals surface area (Å²) in [6.45, 7) is 0.979. The maximum atomic E-state index is 5.59. The van der Waals surface area contributed by atoms with Crippen molar-refractivity contribution in [2.45, 2.75) is 18.9 Å². The molecule has 0 amide bonds. The lowest BCUT2D eigenvalue weighted by molar-refractivity contribution is -0.143. The normalized spacial score (nSPS) is 19.9. The average molecular weight is 266 g/mol. The first-order valence-corrected chi connectivity index (χ1v) is 4.83. The van der Waals surface area contributed by atoms with Crippen molar-refractivity contribution in [2.24, 2.45) is 0 Å². The monoisotopic (exact) mass is 265 g/mol. The molecule has 0 radical (unpaired) electrons. The van der Waals surface area contributed by atoms with Crippen LogP contribution in [-0.4, -0.2) is 23.7 Å². The van der Waals surface area contributed by atoms with E-state index in [0.717, 1.165) is 25.1 Å². The summed E-state index contributed by atoms with van der Waals surface area (Å²) in [6.07, 6.45) is 3.96. The highest BCUT2D eigenvalue weighted by atomic mass is 35.5. The van der Waals surface area contributed by atoms with Crippen molar-refractivity contribution in [1.82, 2.24) is 10.0 Å². The number of nitrogens with zero attached hydrogens (tertiary/aromatic N) is 2. The molecule has 2 heterocycles. The summed E-state index contributed by atoms with van der Waals surface area (Å²) < 4.78 is 0. The fourth-order valence-corrected chi connectivity index (χ4v) is 1.87. The molecule has 6 heteroatoms. The van der Waals surface area contributed by atoms with Crippen LogP contribution >= 0.6 is 24.8 Å². The van der Waals surface area contributed by atoms with Crippen LogP contribution < -0.4 is 5.73 Å². The summed E-state index contributed by atoms with van der Waals surface area (Å²) in [6, 6.07) is 4.15. The molecule has 1 atom stereocenters. The summed E-state index contributed by atoms with van der Waals surface area (Å²) in [5, 5.41) is 1.97. The number of nitrogen functional groups attached to an aromatic ring is 1. The van der Waals surface area contributed by atoms with Crippen LogP contribution in [0.15, 0.2) is 18.3 Å². The smallest absolute Gasteiger partial charge is 0.0774 e. The molecule has 16 heavy (non-hydrogen) atoms. The second-order valence-corrected chi connectivity index (χ2v) is 3.50. The Bertz CT molecular complexity index is 307. The van der Waals surface area contributed by atoms with E-state index in [4.69, 9.17) is 10.6 Å². The van der Waals surface area contributed by atoms with Crippen molar-refractivity contribution in [1.29, 1.82) is 0 Å². The summed E-state index contributed by atoms with van der Waals surface area (Å²) in [7, 11) is 1.70. The lowest BCUT2D eigenvalue weighted by atomic mass is 10.1. The number of aromatic nitrogens is 1. The zero-order valence-electron chi connectivity index (χ0n) is 9.13. The van der Waals surface area contributed by atoms with Crippen LogP contribution in [0, 0.1) is 0 Å². The minimum Gasteiger partial charge on any atom is -0.397 e. The predicted molar refractivity (Wildman–Crippen MR) is 68.8 cm³/mol. The largest absolute Gasteiger partial charge is 0.397 e. The van der Waals surface area contributed by atoms with E-state index in [-0.39, 0.29) is 24.8 Å². The van der Waals surface area contributed by atoms with Gasteiger partial charge < -0.3 is 10.6 Å². The Morgan fingerprint density at radius 1 is 1.44 bits per heavy atom. The predicted octanol–water partition coefficient (Wildman–Crippen LogP) is 2.21. The van der Waals surface area contributed by atoms with Gasteiger partial charge in [-0.15, -0.1) is 24.8 Å². The molecule has 2 rings (SSSR count). The lowest BCUT2D eigenvalue weighted by Crippen LogP contribution is -2.22. The summed E-state index contributed by atoms with van der Waals surface area (Å²) in [5.74, 6) is 0. The molecule has 92 valence electrons. The molecule has 1 aliphatic heterocycles. The molecule has 1 unspecified atom stereocenters. The van der Waals surface area contributed by atoms with Gasteiger partial charge in [-0.1, -0.05) is 0 Å². The molecular formula is C10H17Cl2N3O. The Morgan fingerprint density at radius 3 is 2.75 bits per heavy atom. The van der Waals surface area contributed by atoms with Gasteiger partial charge in [-0.25, -0.2) is 0 Å². The SMILES string of the molecule is CON1CCCC1c1ccc(N)cn1.Cl.Cl. The van der Waals surface area contributed by atoms with Gasteiger partial charge >= 0.3 is 0 Å². The Labute approximate surface area is 108 Å². The Kier molecular flexibility index (Phi) is 6.67. The molecule has 4 nitrogen and oxygen atoms in total. The number of hydrogen-bond donors (Lipinski definition) is 1. The van der Waals surface area contributed by atoms with Crippen LogP contribution in [0.25, 0.3) is 0 Å². The second kappa shape index (κ2) is 6.91. The molecular weight excluding hydrogens is 249 g/mol. The number of halogens is 2. The number of pyridine rings is 1. The van der Waals surface area contributed by atoms with Crippen molar-refractivity contribution >= 4 is 30.5 Å². The molecule has 2 N–H and O–H groups in total. The van der Waals surface area contributed by atoms with Crippen LogP contribution in [0.5, 0.6) is 0 Å². The lowest BCUT2D eigenvalue weighted by Gasteiger charge is -2.20. The van der Waals surface area contributed by atoms with Gasteiger partial charge in [0.2, 0.25) is 0 Å². The van der Waals surface area contributed by atoms with Crippen molar-refractivity contribution in [3.05, 3.63) is 24.0 Å². The van der Waals surface area contributed by atoms with Crippen LogP contribution in [0.4, 0.5) is 5.69 Å². The second-order valence-electron chi connectivity index (χ2n) is 3.50. The van der Waals surface area contributed by atoms with Crippen molar-refractivity contribution in [2.75, 3.05) is 19.4 Å². The molecule has 0 saturated carbocycles. The molecule has 1 aromatic rings. The van der Waals surface area contributed by atoms with Crippen LogP contribution in [0.3, 0.4) is 0 Å². The Hall–Kier alpha value is -0.550. The number of rotatable bonds is 2. The molecule has 1 aromatic heterocycles. The molecule has 0 bridgehead atoms. The zero-order valence-corrected chi connectivity index (χ0v) is 10.8. The van der Waals surface area contributed by atoms with E-state index in [1.807, 2.05) is 17.2 Å². The van der Waals surface area contributed by atoms with E-state index >= 15 is 0 Å². The highest BCUT2D eigenvalue weighted by Gasteiger charge is 2.26. The first-order chi connectivity index (χ1) is 6.81. The van der Waals surface area contributed by atoms with Crippen LogP contribution in [0.1, 0.15) is 24.6 Å². The third-order valence-electron chi connectivity index (χ3n) is 2.59. The van der Waals surface area contributed by atoms with E-state index in [1.165, 1.54) is 0 Å². The minimum absolute atomic E-state index is 0. The van der Waals surface area contributed by atoms with E-state index in [9.17, 15) is 0 Å². The van der Waals surface area contributed by atoms with Crippen LogP contribution in [0.2, 0.25) is 0 Å². The van der Waals surface area contributed by atoms with E-state index < -0.39 is 0 Å². The first-order valence-electron chi connectivity index (χ1n) is 4.83. The van der Waals surface area contributed by atoms with Gasteiger partial charge in [0.25, 0.3) is 0 Å². The topological polar surface area (TPSA) is 51.4 Å². The molecule has 1 fully saturated rings. The number of hydrogen-bond acceptors (Lipinski definition) is 4. The highest BCUT2D eigenvalue weighted by molar-refractivity contribution is 5.85. The molecule has 0 aromatic carbocycles. The van der Waals surface area contributed by atoms with Gasteiger partial charge in [0.15, 0.2) is 0 Å². The van der Waals surface area contributed by atoms with E-state index in [2.05, 4.69) is 4.98 Å². The van der Waals surface area contributed by atoms with E-state index in [0.29, 0.717) is 11.7 Å². The summed E-state index contributed by atoms with van der Waals surface area (Å²) >= 11 is 0. The third kappa shape index (κ3) is 3.22. The molecule has 0 aliphatic carbocycles. The van der Waals surface area contributed by atoms with Crippen molar-refractivity contribution in [3.8, 4) is 0 Å². The average Bonchev–Trinajstić information content (AvgIpc) is 2.67. The van der Waals surface area contributed by atoms with Gasteiger partial charge in [-0.05, 0) is 25.0 Å². The van der Waals surface area contributed by atoms with Gasteiger partial charge in [0.1, 0.15) is 0 Å². The molecule has 1 aliphatic rings. The summed E-state index contributed by atoms with van der Waals surface area (Å²) in [5.41, 5.74) is 7.33. The van der Waals surface area contributed by atoms with Crippen molar-refractivity contribution < 1.29 is 4.84 Å². The van der Waals surface area contributed by atoms with Gasteiger partial charge in [0.05, 0.1) is 30.7 Å². The maximum Gasteiger partial charge on any atom is 0.0774 e. The fraction of sp³-hybridized carbons (Fsp3) is 0.500. The van der Waals surface area contributed by atoms with Crippen molar-refractivity contribution in [3.63, 3.8) is 0 Å². The minimum atomic E-state index is 0. The van der Waals surface area contributed by atoms with Gasteiger partial charge in [0, 0.05) is 6.54 Å². The first kappa shape index (κ1) is 15.4. The quantitative estimate of drug-likeness (QED) is 0.891. The van der Waals surface area contributed by atoms with E-state index in [1.54, 1.807) is 13.3 Å². The highest BCUT2D eigenvalue weighted by Crippen LogP contribution is 2.30. The Balaban J connectivity index is 0.00000112. The maximum absolute atomic E-state index is 5.59. The number of anilines is 1. The molecule has 0 spiro atoms. The Morgan fingerprint density at radius 2 is 2.19 bits per heavy atom.